The summed E-state index contributed by atoms with van der Waals surface area (Å²) in [5.74, 6) is 0. The van der Waals surface area contributed by atoms with Gasteiger partial charge in [-0.3, -0.25) is 0 Å². The van der Waals surface area contributed by atoms with Crippen LogP contribution in [-0.4, -0.2) is 0 Å². The van der Waals surface area contributed by atoms with Crippen LogP contribution < -0.4 is 0 Å². The van der Waals surface area contributed by atoms with E-state index in [1.54, 1.807) is 0 Å². The van der Waals surface area contributed by atoms with E-state index in [0.717, 1.165) is 0 Å². The van der Waals surface area contributed by atoms with E-state index in [9.17, 15) is 0 Å². The summed E-state index contributed by atoms with van der Waals surface area (Å²) in [6.45, 7) is 0. The lowest BCUT2D eigenvalue weighted by Gasteiger charge is -2.12. The molecule has 0 heterocycles. The summed E-state index contributed by atoms with van der Waals surface area (Å²) in [6.07, 6.45) is 4.27. The molecule has 0 N–H and O–H groups in total. The van der Waals surface area contributed by atoms with Crippen molar-refractivity contribution in [1.29, 1.82) is 0 Å². The molecule has 17 heavy (non-hydrogen) atoms. The predicted molar refractivity (Wildman–Crippen MR) is 76.8 cm³/mol. The van der Waals surface area contributed by atoms with E-state index in [-0.39, 0.29) is 17.8 Å². The Morgan fingerprint density at radius 3 is 1.59 bits per heavy atom. The van der Waals surface area contributed by atoms with Gasteiger partial charge in [0.1, 0.15) is 0 Å². The van der Waals surface area contributed by atoms with E-state index in [1.165, 1.54) is 22.3 Å². The lowest BCUT2D eigenvalue weighted by atomic mass is 9.99. The fourth-order valence-corrected chi connectivity index (χ4v) is 2.53. The van der Waals surface area contributed by atoms with E-state index < -0.39 is 0 Å². The number of hydrogen-bond donors (Lipinski definition) is 0. The minimum absolute atomic E-state index is 0. The second-order valence-corrected chi connectivity index (χ2v) is 4.39. The van der Waals surface area contributed by atoms with E-state index in [1.807, 2.05) is 24.3 Å². The molecule has 0 nitrogen and oxygen atoms in total. The van der Waals surface area contributed by atoms with Crippen LogP contribution in [0.15, 0.2) is 48.5 Å². The number of benzene rings is 2. The summed E-state index contributed by atoms with van der Waals surface area (Å²) in [7, 11) is 0. The van der Waals surface area contributed by atoms with E-state index in [0.29, 0.717) is 0 Å². The fraction of sp³-hybridized carbons (Fsp3) is 0.0667. The van der Waals surface area contributed by atoms with Crippen molar-refractivity contribution in [2.75, 3.05) is 0 Å². The summed E-state index contributed by atoms with van der Waals surface area (Å²) < 4.78 is 0. The molecule has 0 bridgehead atoms. The Labute approximate surface area is 112 Å². The molecule has 0 saturated heterocycles. The maximum Gasteiger partial charge on any atom is 0.0846 e. The molecule has 3 rings (SSSR count). The van der Waals surface area contributed by atoms with Crippen LogP contribution in [0.4, 0.5) is 0 Å². The molecular formula is C15H12Cl2. The zero-order valence-electron chi connectivity index (χ0n) is 9.14. The van der Waals surface area contributed by atoms with Gasteiger partial charge in [-0.15, -0.1) is 24.0 Å². The van der Waals surface area contributed by atoms with Gasteiger partial charge >= 0.3 is 0 Å². The van der Waals surface area contributed by atoms with Crippen LogP contribution in [0.3, 0.4) is 0 Å². The molecule has 0 fully saturated rings. The van der Waals surface area contributed by atoms with Gasteiger partial charge in [0.25, 0.3) is 0 Å². The highest BCUT2D eigenvalue weighted by Crippen LogP contribution is 2.36. The molecule has 0 unspecified atom stereocenters. The third-order valence-electron chi connectivity index (χ3n) is 2.98. The zero-order valence-corrected chi connectivity index (χ0v) is 10.7. The van der Waals surface area contributed by atoms with Gasteiger partial charge in [-0.1, -0.05) is 60.7 Å². The van der Waals surface area contributed by atoms with Gasteiger partial charge in [0.2, 0.25) is 0 Å². The molecule has 0 amide bonds. The first kappa shape index (κ1) is 12.2. The summed E-state index contributed by atoms with van der Waals surface area (Å²) >= 11 is 6.54. The Hall–Kier alpha value is -1.24. The summed E-state index contributed by atoms with van der Waals surface area (Å²) in [5, 5.41) is -0.0533. The molecule has 0 aliphatic heterocycles. The van der Waals surface area contributed by atoms with Gasteiger partial charge in [-0.2, -0.15) is 0 Å². The number of halogens is 2. The maximum absolute atomic E-state index is 6.54. The first-order valence-corrected chi connectivity index (χ1v) is 5.80. The quantitative estimate of drug-likeness (QED) is 0.592. The lowest BCUT2D eigenvalue weighted by molar-refractivity contribution is 1.13. The second kappa shape index (κ2) is 4.95. The van der Waals surface area contributed by atoms with Crippen molar-refractivity contribution < 1.29 is 0 Å². The predicted octanol–water partition coefficient (Wildman–Crippen LogP) is 4.92. The maximum atomic E-state index is 6.54. The average molecular weight is 263 g/mol. The van der Waals surface area contributed by atoms with E-state index >= 15 is 0 Å². The van der Waals surface area contributed by atoms with Crippen molar-refractivity contribution in [1.82, 2.24) is 0 Å². The molecule has 0 atom stereocenters. The van der Waals surface area contributed by atoms with Crippen molar-refractivity contribution >= 4 is 36.2 Å². The van der Waals surface area contributed by atoms with Crippen molar-refractivity contribution in [2.24, 2.45) is 0 Å². The first-order valence-electron chi connectivity index (χ1n) is 5.36. The standard InChI is InChI=1S/C15H11Cl.ClH/c16-15-13-7-3-1-5-11(13)9-10-12-6-2-4-8-14(12)15;/h1-10,15H;1H. The molecule has 0 aromatic heterocycles. The van der Waals surface area contributed by atoms with Crippen LogP contribution in [-0.2, 0) is 0 Å². The monoisotopic (exact) mass is 262 g/mol. The normalized spacial score (nSPS) is 13.2. The Bertz CT molecular complexity index is 509. The molecule has 2 aromatic carbocycles. The van der Waals surface area contributed by atoms with Crippen molar-refractivity contribution in [3.05, 3.63) is 70.8 Å². The number of hydrogen-bond acceptors (Lipinski definition) is 0. The topological polar surface area (TPSA) is 0 Å². The van der Waals surface area contributed by atoms with Gasteiger partial charge in [0.15, 0.2) is 0 Å². The average Bonchev–Trinajstić information content (AvgIpc) is 2.49. The molecule has 0 spiro atoms. The molecule has 2 heteroatoms. The summed E-state index contributed by atoms with van der Waals surface area (Å²) in [4.78, 5) is 0. The minimum atomic E-state index is -0.0533. The number of fused-ring (bicyclic) bond motifs is 2. The molecule has 0 radical (unpaired) electrons. The van der Waals surface area contributed by atoms with E-state index in [2.05, 4.69) is 36.4 Å². The molecule has 0 saturated carbocycles. The van der Waals surface area contributed by atoms with Gasteiger partial charge in [-0.25, -0.2) is 0 Å². The van der Waals surface area contributed by atoms with Crippen molar-refractivity contribution in [3.63, 3.8) is 0 Å². The lowest BCUT2D eigenvalue weighted by Crippen LogP contribution is -1.95. The number of alkyl halides is 1. The van der Waals surface area contributed by atoms with Gasteiger partial charge in [-0.05, 0) is 22.3 Å². The highest BCUT2D eigenvalue weighted by Gasteiger charge is 2.17. The molecule has 1 aliphatic rings. The zero-order chi connectivity index (χ0) is 11.0. The molecular weight excluding hydrogens is 251 g/mol. The van der Waals surface area contributed by atoms with Crippen molar-refractivity contribution in [3.8, 4) is 0 Å². The Balaban J connectivity index is 0.00000108. The Kier molecular flexibility index (Phi) is 3.56. The van der Waals surface area contributed by atoms with Crippen LogP contribution in [0.1, 0.15) is 27.6 Å². The SMILES string of the molecule is Cl.ClC1c2ccccc2C=Cc2ccccc21. The van der Waals surface area contributed by atoms with Crippen LogP contribution >= 0.6 is 24.0 Å². The molecule has 2 aromatic rings. The van der Waals surface area contributed by atoms with Crippen molar-refractivity contribution in [2.45, 2.75) is 5.38 Å². The van der Waals surface area contributed by atoms with Crippen LogP contribution in [0.2, 0.25) is 0 Å². The van der Waals surface area contributed by atoms with Gasteiger partial charge in [0.05, 0.1) is 5.38 Å². The smallest absolute Gasteiger partial charge is 0.0846 e. The van der Waals surface area contributed by atoms with Crippen LogP contribution in [0.25, 0.3) is 12.2 Å². The van der Waals surface area contributed by atoms with Crippen LogP contribution in [0, 0.1) is 0 Å². The first-order chi connectivity index (χ1) is 7.86. The third kappa shape index (κ3) is 2.11. The van der Waals surface area contributed by atoms with E-state index in [4.69, 9.17) is 11.6 Å². The Morgan fingerprint density at radius 2 is 1.12 bits per heavy atom. The largest absolute Gasteiger partial charge is 0.147 e. The minimum Gasteiger partial charge on any atom is -0.147 e. The van der Waals surface area contributed by atoms with Gasteiger partial charge in [0, 0.05) is 0 Å². The fourth-order valence-electron chi connectivity index (χ4n) is 2.13. The molecule has 86 valence electrons. The van der Waals surface area contributed by atoms with Gasteiger partial charge < -0.3 is 0 Å². The highest BCUT2D eigenvalue weighted by molar-refractivity contribution is 6.23. The Morgan fingerprint density at radius 1 is 0.706 bits per heavy atom. The summed E-state index contributed by atoms with van der Waals surface area (Å²) in [5.41, 5.74) is 4.79. The highest BCUT2D eigenvalue weighted by atomic mass is 35.5. The number of rotatable bonds is 0. The second-order valence-electron chi connectivity index (χ2n) is 3.95. The molecule has 1 aliphatic carbocycles. The third-order valence-corrected chi connectivity index (χ3v) is 3.45. The summed E-state index contributed by atoms with van der Waals surface area (Å²) in [6, 6.07) is 16.6. The van der Waals surface area contributed by atoms with Crippen LogP contribution in [0.5, 0.6) is 0 Å².